The van der Waals surface area contributed by atoms with Gasteiger partial charge in [0.25, 0.3) is 0 Å². The smallest absolute Gasteiger partial charge is 0.227 e. The van der Waals surface area contributed by atoms with Gasteiger partial charge in [-0.25, -0.2) is 0 Å². The molecule has 1 aromatic carbocycles. The van der Waals surface area contributed by atoms with Crippen molar-refractivity contribution < 1.29 is 9.53 Å². The first kappa shape index (κ1) is 19.4. The van der Waals surface area contributed by atoms with Crippen LogP contribution in [0.2, 0.25) is 0 Å². The van der Waals surface area contributed by atoms with Crippen LogP contribution in [-0.2, 0) is 16.0 Å². The summed E-state index contributed by atoms with van der Waals surface area (Å²) in [5, 5.41) is 0. The molecular formula is C16H24BrClN2O2. The van der Waals surface area contributed by atoms with Gasteiger partial charge in [0.15, 0.2) is 0 Å². The monoisotopic (exact) mass is 390 g/mol. The zero-order chi connectivity index (χ0) is 15.1. The molecule has 0 radical (unpaired) electrons. The van der Waals surface area contributed by atoms with E-state index in [-0.39, 0.29) is 24.4 Å². The second-order valence-corrected chi connectivity index (χ2v) is 6.22. The lowest BCUT2D eigenvalue weighted by Crippen LogP contribution is -2.41. The fourth-order valence-electron chi connectivity index (χ4n) is 2.52. The average Bonchev–Trinajstić information content (AvgIpc) is 2.50. The van der Waals surface area contributed by atoms with Crippen LogP contribution in [-0.4, -0.2) is 43.2 Å². The second kappa shape index (κ2) is 10.2. The van der Waals surface area contributed by atoms with E-state index in [4.69, 9.17) is 10.5 Å². The minimum Gasteiger partial charge on any atom is -0.378 e. The van der Waals surface area contributed by atoms with Crippen LogP contribution in [0, 0.1) is 0 Å². The molecule has 1 fully saturated rings. The van der Waals surface area contributed by atoms with Crippen molar-refractivity contribution in [2.75, 3.05) is 26.2 Å². The number of hydrogen-bond acceptors (Lipinski definition) is 3. The zero-order valence-electron chi connectivity index (χ0n) is 12.7. The summed E-state index contributed by atoms with van der Waals surface area (Å²) in [6, 6.07) is 7.89. The highest BCUT2D eigenvalue weighted by Gasteiger charge is 2.23. The summed E-state index contributed by atoms with van der Waals surface area (Å²) >= 11 is 3.49. The summed E-state index contributed by atoms with van der Waals surface area (Å²) in [5.74, 6) is 0.197. The van der Waals surface area contributed by atoms with Gasteiger partial charge in [0, 0.05) is 24.2 Å². The van der Waals surface area contributed by atoms with Crippen molar-refractivity contribution in [2.24, 2.45) is 5.73 Å². The number of carbonyl (C=O) groups is 1. The number of carbonyl (C=O) groups excluding carboxylic acids is 1. The number of nitrogens with two attached hydrogens (primary N) is 1. The van der Waals surface area contributed by atoms with Crippen LogP contribution in [0.25, 0.3) is 0 Å². The van der Waals surface area contributed by atoms with E-state index in [0.29, 0.717) is 13.0 Å². The van der Waals surface area contributed by atoms with Crippen molar-refractivity contribution in [3.8, 4) is 0 Å². The van der Waals surface area contributed by atoms with E-state index in [0.717, 1.165) is 49.0 Å². The maximum atomic E-state index is 12.3. The number of halogens is 2. The predicted molar refractivity (Wildman–Crippen MR) is 94.3 cm³/mol. The molecule has 0 saturated carbocycles. The lowest BCUT2D eigenvalue weighted by Gasteiger charge is -2.32. The van der Waals surface area contributed by atoms with Crippen molar-refractivity contribution in [2.45, 2.75) is 31.8 Å². The number of likely N-dealkylation sites (tertiary alicyclic amines) is 1. The number of rotatable bonds is 6. The number of benzene rings is 1. The van der Waals surface area contributed by atoms with Gasteiger partial charge in [-0.2, -0.15) is 0 Å². The van der Waals surface area contributed by atoms with E-state index < -0.39 is 0 Å². The molecule has 1 amide bonds. The molecule has 0 bridgehead atoms. The van der Waals surface area contributed by atoms with Crippen molar-refractivity contribution in [1.82, 2.24) is 4.90 Å². The minimum atomic E-state index is 0. The Labute approximate surface area is 146 Å². The van der Waals surface area contributed by atoms with Crippen molar-refractivity contribution in [3.05, 3.63) is 34.3 Å². The van der Waals surface area contributed by atoms with E-state index in [1.54, 1.807) is 0 Å². The molecule has 4 nitrogen and oxygen atoms in total. The van der Waals surface area contributed by atoms with Crippen LogP contribution in [0.5, 0.6) is 0 Å². The highest BCUT2D eigenvalue weighted by Crippen LogP contribution is 2.19. The Hall–Kier alpha value is -0.620. The normalized spacial score (nSPS) is 15.5. The summed E-state index contributed by atoms with van der Waals surface area (Å²) in [5.41, 5.74) is 6.50. The number of ether oxygens (including phenoxy) is 1. The maximum Gasteiger partial charge on any atom is 0.227 e. The van der Waals surface area contributed by atoms with Gasteiger partial charge in [-0.15, -0.1) is 12.4 Å². The van der Waals surface area contributed by atoms with Gasteiger partial charge in [-0.1, -0.05) is 34.1 Å². The van der Waals surface area contributed by atoms with Gasteiger partial charge < -0.3 is 15.4 Å². The number of amides is 1. The second-order valence-electron chi connectivity index (χ2n) is 5.36. The van der Waals surface area contributed by atoms with E-state index in [9.17, 15) is 4.79 Å². The molecule has 124 valence electrons. The Bertz CT molecular complexity index is 465. The van der Waals surface area contributed by atoms with Crippen LogP contribution in [0.1, 0.15) is 24.8 Å². The molecule has 0 aromatic heterocycles. The van der Waals surface area contributed by atoms with Gasteiger partial charge in [-0.3, -0.25) is 4.79 Å². The highest BCUT2D eigenvalue weighted by molar-refractivity contribution is 9.10. The molecule has 0 atom stereocenters. The summed E-state index contributed by atoms with van der Waals surface area (Å²) in [6.07, 6.45) is 3.49. The Morgan fingerprint density at radius 3 is 2.64 bits per heavy atom. The standard InChI is InChI=1S/C16H23BrN2O2.ClH/c17-15-5-2-1-4-13(15)12-16(20)19-9-6-14(7-10-19)21-11-3-8-18;/h1-2,4-5,14H,3,6-12,18H2;1H. The summed E-state index contributed by atoms with van der Waals surface area (Å²) in [6.45, 7) is 2.97. The molecule has 2 N–H and O–H groups in total. The molecule has 0 unspecified atom stereocenters. The quantitative estimate of drug-likeness (QED) is 0.759. The third-order valence-electron chi connectivity index (χ3n) is 3.80. The lowest BCUT2D eigenvalue weighted by atomic mass is 10.1. The first-order valence-electron chi connectivity index (χ1n) is 7.53. The Balaban J connectivity index is 0.00000242. The molecular weight excluding hydrogens is 368 g/mol. The SMILES string of the molecule is Cl.NCCCOC1CCN(C(=O)Cc2ccccc2Br)CC1. The average molecular weight is 392 g/mol. The Kier molecular flexibility index (Phi) is 9.02. The van der Waals surface area contributed by atoms with E-state index in [2.05, 4.69) is 15.9 Å². The van der Waals surface area contributed by atoms with Gasteiger partial charge in [-0.05, 0) is 37.4 Å². The molecule has 0 spiro atoms. The van der Waals surface area contributed by atoms with Gasteiger partial charge in [0.2, 0.25) is 5.91 Å². The number of hydrogen-bond donors (Lipinski definition) is 1. The van der Waals surface area contributed by atoms with Crippen LogP contribution < -0.4 is 5.73 Å². The number of nitrogens with zero attached hydrogens (tertiary/aromatic N) is 1. The Morgan fingerprint density at radius 1 is 1.32 bits per heavy atom. The van der Waals surface area contributed by atoms with Crippen LogP contribution >= 0.6 is 28.3 Å². The molecule has 1 heterocycles. The van der Waals surface area contributed by atoms with E-state index in [1.807, 2.05) is 29.2 Å². The lowest BCUT2D eigenvalue weighted by molar-refractivity contribution is -0.133. The third-order valence-corrected chi connectivity index (χ3v) is 4.57. The molecule has 22 heavy (non-hydrogen) atoms. The molecule has 1 aliphatic rings. The van der Waals surface area contributed by atoms with E-state index >= 15 is 0 Å². The fraction of sp³-hybridized carbons (Fsp3) is 0.562. The molecule has 1 aromatic rings. The zero-order valence-corrected chi connectivity index (χ0v) is 15.1. The first-order valence-corrected chi connectivity index (χ1v) is 8.33. The van der Waals surface area contributed by atoms with Crippen molar-refractivity contribution >= 4 is 34.2 Å². The van der Waals surface area contributed by atoms with Crippen LogP contribution in [0.3, 0.4) is 0 Å². The number of piperidine rings is 1. The first-order chi connectivity index (χ1) is 10.2. The Morgan fingerprint density at radius 2 is 2.00 bits per heavy atom. The fourth-order valence-corrected chi connectivity index (χ4v) is 2.95. The maximum absolute atomic E-state index is 12.3. The molecule has 1 aliphatic heterocycles. The molecule has 0 aliphatic carbocycles. The van der Waals surface area contributed by atoms with Gasteiger partial charge in [0.05, 0.1) is 12.5 Å². The minimum absolute atomic E-state index is 0. The molecule has 2 rings (SSSR count). The van der Waals surface area contributed by atoms with Crippen molar-refractivity contribution in [1.29, 1.82) is 0 Å². The van der Waals surface area contributed by atoms with Crippen LogP contribution in [0.15, 0.2) is 28.7 Å². The van der Waals surface area contributed by atoms with Crippen molar-refractivity contribution in [3.63, 3.8) is 0 Å². The predicted octanol–water partition coefficient (Wildman–Crippen LogP) is 2.77. The molecule has 6 heteroatoms. The highest BCUT2D eigenvalue weighted by atomic mass is 79.9. The third kappa shape index (κ3) is 5.88. The van der Waals surface area contributed by atoms with Crippen LogP contribution in [0.4, 0.5) is 0 Å². The van der Waals surface area contributed by atoms with Gasteiger partial charge in [0.1, 0.15) is 0 Å². The summed E-state index contributed by atoms with van der Waals surface area (Å²) in [7, 11) is 0. The topological polar surface area (TPSA) is 55.6 Å². The molecule has 1 saturated heterocycles. The summed E-state index contributed by atoms with van der Waals surface area (Å²) < 4.78 is 6.76. The summed E-state index contributed by atoms with van der Waals surface area (Å²) in [4.78, 5) is 14.3. The van der Waals surface area contributed by atoms with E-state index in [1.165, 1.54) is 0 Å². The largest absolute Gasteiger partial charge is 0.378 e. The van der Waals surface area contributed by atoms with Gasteiger partial charge >= 0.3 is 0 Å².